The van der Waals surface area contributed by atoms with E-state index in [1.807, 2.05) is 32.1 Å². The number of hydrogen-bond acceptors (Lipinski definition) is 1. The molecule has 1 aromatic carbocycles. The average Bonchev–Trinajstić information content (AvgIpc) is 3.18. The van der Waals surface area contributed by atoms with E-state index in [2.05, 4.69) is 72.4 Å². The van der Waals surface area contributed by atoms with Crippen LogP contribution in [-0.2, 0) is 17.1 Å². The molecule has 4 rings (SSSR count). The third-order valence-corrected chi connectivity index (χ3v) is 4.52. The first-order valence-electron chi connectivity index (χ1n) is 7.07. The number of fused-ring (bicyclic) bond motifs is 3. The molecule has 10 radical (unpaired) electrons. The molecule has 3 heteroatoms. The maximum Gasteiger partial charge on any atom is 2.00 e. The van der Waals surface area contributed by atoms with Gasteiger partial charge in [0.05, 0.1) is 0 Å². The molecule has 2 fully saturated rings. The number of nitrogens with zero attached hydrogens (tertiary/aromatic N) is 1. The van der Waals surface area contributed by atoms with Crippen LogP contribution in [0.5, 0.6) is 0 Å². The molecule has 2 saturated carbocycles. The van der Waals surface area contributed by atoms with Crippen molar-refractivity contribution in [2.75, 3.05) is 14.1 Å². The van der Waals surface area contributed by atoms with Crippen molar-refractivity contribution in [1.29, 1.82) is 0 Å². The fourth-order valence-electron chi connectivity index (χ4n) is 2.98. The Kier molecular flexibility index (Phi) is 7.01. The van der Waals surface area contributed by atoms with Crippen LogP contribution < -0.4 is 0 Å². The van der Waals surface area contributed by atoms with Gasteiger partial charge in [0, 0.05) is 22.4 Å². The molecule has 0 heterocycles. The standard InChI is InChI=1S/C14H13BrN.C5H5.Fe/c1-16(2)14-11-7-3-5-9(11)10-6-4-8-12(15)13(10)14;1-2-4-5-3-1;/h3-8,14H,1-2H3;1-5H;/q;;+2/t14-;;/m0../s1. The van der Waals surface area contributed by atoms with Gasteiger partial charge in [0.1, 0.15) is 0 Å². The van der Waals surface area contributed by atoms with Crippen LogP contribution >= 0.6 is 15.9 Å². The van der Waals surface area contributed by atoms with E-state index in [0.717, 1.165) is 0 Å². The van der Waals surface area contributed by atoms with Crippen molar-refractivity contribution in [1.82, 2.24) is 4.90 Å². The summed E-state index contributed by atoms with van der Waals surface area (Å²) in [6, 6.07) is 6.83. The molecule has 0 aliphatic heterocycles. The second-order valence-electron chi connectivity index (χ2n) is 5.42. The molecule has 3 aliphatic rings. The minimum atomic E-state index is 0. The van der Waals surface area contributed by atoms with Crippen LogP contribution in [0.1, 0.15) is 17.2 Å². The zero-order valence-corrected chi connectivity index (χ0v) is 15.3. The van der Waals surface area contributed by atoms with Gasteiger partial charge in [-0.25, -0.2) is 0 Å². The Morgan fingerprint density at radius 2 is 1.55 bits per heavy atom. The van der Waals surface area contributed by atoms with E-state index in [1.165, 1.54) is 27.4 Å². The number of benzene rings is 1. The van der Waals surface area contributed by atoms with Crippen LogP contribution in [-0.4, -0.2) is 19.0 Å². The summed E-state index contributed by atoms with van der Waals surface area (Å²) >= 11 is 3.67. The fourth-order valence-corrected chi connectivity index (χ4v) is 3.56. The molecule has 1 aromatic rings. The summed E-state index contributed by atoms with van der Waals surface area (Å²) in [7, 11) is 4.27. The minimum Gasteiger partial charge on any atom is -0.302 e. The van der Waals surface area contributed by atoms with E-state index in [-0.39, 0.29) is 17.1 Å². The van der Waals surface area contributed by atoms with Gasteiger partial charge in [-0.1, -0.05) is 28.1 Å². The van der Waals surface area contributed by atoms with Gasteiger partial charge in [-0.15, -0.1) is 0 Å². The monoisotopic (exact) mass is 395 g/mol. The topological polar surface area (TPSA) is 3.24 Å². The summed E-state index contributed by atoms with van der Waals surface area (Å²) < 4.78 is 1.21. The van der Waals surface area contributed by atoms with Crippen molar-refractivity contribution in [2.45, 2.75) is 6.04 Å². The zero-order valence-electron chi connectivity index (χ0n) is 12.6. The third kappa shape index (κ3) is 3.64. The summed E-state index contributed by atoms with van der Waals surface area (Å²) in [5.41, 5.74) is 2.77. The van der Waals surface area contributed by atoms with Crippen LogP contribution in [0.4, 0.5) is 0 Å². The van der Waals surface area contributed by atoms with Crippen LogP contribution in [0, 0.1) is 63.2 Å². The van der Waals surface area contributed by atoms with Gasteiger partial charge < -0.3 is 4.90 Å². The van der Waals surface area contributed by atoms with Crippen molar-refractivity contribution >= 4 is 15.9 Å². The van der Waals surface area contributed by atoms with E-state index in [0.29, 0.717) is 6.04 Å². The quantitative estimate of drug-likeness (QED) is 0.644. The summed E-state index contributed by atoms with van der Waals surface area (Å²) in [6.45, 7) is 0. The average molecular weight is 396 g/mol. The van der Waals surface area contributed by atoms with Crippen LogP contribution in [0.15, 0.2) is 22.7 Å². The molecule has 0 N–H and O–H groups in total. The largest absolute Gasteiger partial charge is 2.00 e. The molecule has 22 heavy (non-hydrogen) atoms. The molecule has 1 nitrogen and oxygen atoms in total. The van der Waals surface area contributed by atoms with Crippen molar-refractivity contribution in [3.8, 4) is 0 Å². The molecule has 0 spiro atoms. The van der Waals surface area contributed by atoms with Gasteiger partial charge in [-0.2, -0.15) is 0 Å². The van der Waals surface area contributed by atoms with Crippen molar-refractivity contribution < 1.29 is 17.1 Å². The second kappa shape index (κ2) is 8.33. The van der Waals surface area contributed by atoms with E-state index in [9.17, 15) is 0 Å². The van der Waals surface area contributed by atoms with Gasteiger partial charge in [-0.05, 0) is 82.7 Å². The molecule has 0 amide bonds. The van der Waals surface area contributed by atoms with E-state index >= 15 is 0 Å². The molecule has 0 bridgehead atoms. The van der Waals surface area contributed by atoms with Crippen LogP contribution in [0.3, 0.4) is 0 Å². The predicted octanol–water partition coefficient (Wildman–Crippen LogP) is 4.21. The summed E-state index contributed by atoms with van der Waals surface area (Å²) in [4.78, 5) is 2.27. The second-order valence-corrected chi connectivity index (χ2v) is 6.28. The first-order chi connectivity index (χ1) is 10.2. The van der Waals surface area contributed by atoms with E-state index in [1.54, 1.807) is 0 Å². The molecule has 3 aliphatic carbocycles. The van der Waals surface area contributed by atoms with E-state index < -0.39 is 0 Å². The molecule has 0 saturated heterocycles. The first-order valence-corrected chi connectivity index (χ1v) is 7.87. The minimum absolute atomic E-state index is 0. The Bertz CT molecular complexity index is 477. The maximum atomic E-state index is 3.67. The Hall–Kier alpha value is 0.179. The van der Waals surface area contributed by atoms with Gasteiger partial charge in [0.25, 0.3) is 0 Å². The Morgan fingerprint density at radius 1 is 0.909 bits per heavy atom. The predicted molar refractivity (Wildman–Crippen MR) is 90.6 cm³/mol. The van der Waals surface area contributed by atoms with Crippen molar-refractivity contribution in [3.63, 3.8) is 0 Å². The molecular weight excluding hydrogens is 378 g/mol. The summed E-state index contributed by atoms with van der Waals surface area (Å²) in [5, 5.41) is 0. The van der Waals surface area contributed by atoms with Crippen molar-refractivity contribution in [2.24, 2.45) is 0 Å². The molecular formula is C19H18BrFeN+2. The van der Waals surface area contributed by atoms with Crippen molar-refractivity contribution in [3.05, 3.63) is 97.0 Å². The van der Waals surface area contributed by atoms with Gasteiger partial charge in [0.15, 0.2) is 0 Å². The first kappa shape index (κ1) is 18.5. The molecule has 112 valence electrons. The number of hydrogen-bond donors (Lipinski definition) is 0. The fraction of sp³-hybridized carbons (Fsp3) is 0.158. The maximum absolute atomic E-state index is 3.67. The SMILES string of the molecule is CN(C)[C@H]1[C]2[CH][CH][CH][C]2c2cccc(Br)c21.[CH]1[CH][CH][CH][CH]1.[Fe+2]. The van der Waals surface area contributed by atoms with Gasteiger partial charge in [-0.3, -0.25) is 0 Å². The van der Waals surface area contributed by atoms with Gasteiger partial charge >= 0.3 is 17.1 Å². The molecule has 0 unspecified atom stereocenters. The summed E-state index contributed by atoms with van der Waals surface area (Å²) in [5.74, 6) is 2.81. The molecule has 0 aromatic heterocycles. The number of halogens is 1. The van der Waals surface area contributed by atoms with Gasteiger partial charge in [0.2, 0.25) is 0 Å². The van der Waals surface area contributed by atoms with Crippen LogP contribution in [0.25, 0.3) is 0 Å². The number of rotatable bonds is 1. The smallest absolute Gasteiger partial charge is 0.302 e. The third-order valence-electron chi connectivity index (χ3n) is 3.83. The Balaban J connectivity index is 0.000000253. The Labute approximate surface area is 154 Å². The van der Waals surface area contributed by atoms with Crippen LogP contribution in [0.2, 0.25) is 0 Å². The normalized spacial score (nSPS) is 23.7. The van der Waals surface area contributed by atoms with E-state index in [4.69, 9.17) is 0 Å². The Morgan fingerprint density at radius 3 is 2.14 bits per heavy atom. The molecule has 1 atom stereocenters. The summed E-state index contributed by atoms with van der Waals surface area (Å²) in [6.07, 6.45) is 16.6. The zero-order chi connectivity index (χ0) is 14.8.